The van der Waals surface area contributed by atoms with Gasteiger partial charge in [-0.3, -0.25) is 4.79 Å². The zero-order valence-corrected chi connectivity index (χ0v) is 15.3. The van der Waals surface area contributed by atoms with Crippen LogP contribution in [0.15, 0.2) is 24.3 Å². The lowest BCUT2D eigenvalue weighted by atomic mass is 9.97. The Morgan fingerprint density at radius 1 is 1.12 bits per heavy atom. The molecule has 2 rings (SSSR count). The van der Waals surface area contributed by atoms with Crippen molar-refractivity contribution in [3.63, 3.8) is 0 Å². The molecule has 1 heterocycles. The second-order valence-corrected chi connectivity index (χ2v) is 6.86. The van der Waals surface area contributed by atoms with Crippen molar-refractivity contribution in [1.82, 2.24) is 4.90 Å². The van der Waals surface area contributed by atoms with Gasteiger partial charge >= 0.3 is 5.97 Å². The quantitative estimate of drug-likeness (QED) is 0.795. The summed E-state index contributed by atoms with van der Waals surface area (Å²) >= 11 is 0. The molecule has 0 N–H and O–H groups in total. The third-order valence-corrected chi connectivity index (χ3v) is 4.70. The van der Waals surface area contributed by atoms with E-state index in [2.05, 4.69) is 13.8 Å². The van der Waals surface area contributed by atoms with E-state index in [1.807, 2.05) is 36.0 Å². The fraction of sp³-hybridized carbons (Fsp3) is 0.579. The molecule has 1 aromatic rings. The van der Waals surface area contributed by atoms with E-state index < -0.39 is 12.1 Å². The minimum absolute atomic E-state index is 0.104. The smallest absolute Gasteiger partial charge is 0.338 e. The van der Waals surface area contributed by atoms with Gasteiger partial charge in [-0.1, -0.05) is 0 Å². The van der Waals surface area contributed by atoms with Crippen LogP contribution in [-0.4, -0.2) is 49.1 Å². The van der Waals surface area contributed by atoms with Crippen molar-refractivity contribution in [2.24, 2.45) is 0 Å². The Labute approximate surface area is 144 Å². The summed E-state index contributed by atoms with van der Waals surface area (Å²) in [5, 5.41) is 0. The van der Waals surface area contributed by atoms with Gasteiger partial charge in [0.2, 0.25) is 0 Å². The van der Waals surface area contributed by atoms with E-state index >= 15 is 0 Å². The van der Waals surface area contributed by atoms with Gasteiger partial charge in [0.05, 0.1) is 5.56 Å². The van der Waals surface area contributed by atoms with Gasteiger partial charge in [0.25, 0.3) is 5.91 Å². The molecule has 1 aliphatic heterocycles. The third kappa shape index (κ3) is 4.08. The maximum absolute atomic E-state index is 12.7. The van der Waals surface area contributed by atoms with Gasteiger partial charge in [-0.05, 0) is 64.3 Å². The van der Waals surface area contributed by atoms with E-state index in [0.717, 1.165) is 24.9 Å². The summed E-state index contributed by atoms with van der Waals surface area (Å²) in [6.07, 6.45) is 2.37. The lowest BCUT2D eigenvalue weighted by Crippen LogP contribution is -2.51. The number of likely N-dealkylation sites (tertiary alicyclic amines) is 1. The number of hydrogen-bond acceptors (Lipinski definition) is 4. The molecule has 0 unspecified atom stereocenters. The fourth-order valence-electron chi connectivity index (χ4n) is 3.24. The minimum atomic E-state index is -0.769. The number of carbonyl (C=O) groups is 2. The van der Waals surface area contributed by atoms with Crippen LogP contribution in [0.4, 0.5) is 5.69 Å². The first-order valence-corrected chi connectivity index (χ1v) is 8.61. The van der Waals surface area contributed by atoms with Gasteiger partial charge in [0.15, 0.2) is 6.10 Å². The summed E-state index contributed by atoms with van der Waals surface area (Å²) < 4.78 is 5.40. The molecule has 0 spiro atoms. The number of benzene rings is 1. The standard InChI is InChI=1S/C19H28N2O3/c1-13-7-6-8-14(2)21(13)18(22)15(3)24-19(23)16-9-11-17(12-10-16)20(4)5/h9-15H,6-8H2,1-5H3/t13-,14+,15-/m1/s1. The Morgan fingerprint density at radius 2 is 1.67 bits per heavy atom. The maximum Gasteiger partial charge on any atom is 0.338 e. The highest BCUT2D eigenvalue weighted by Crippen LogP contribution is 2.24. The average molecular weight is 332 g/mol. The summed E-state index contributed by atoms with van der Waals surface area (Å²) in [6, 6.07) is 7.56. The molecule has 132 valence electrons. The molecule has 0 radical (unpaired) electrons. The Hall–Kier alpha value is -2.04. The SMILES string of the molecule is C[C@@H]1CCC[C@H](C)N1C(=O)[C@@H](C)OC(=O)c1ccc(N(C)C)cc1. The van der Waals surface area contributed by atoms with Gasteiger partial charge in [-0.25, -0.2) is 4.79 Å². The van der Waals surface area contributed by atoms with Crippen LogP contribution >= 0.6 is 0 Å². The first kappa shape index (κ1) is 18.3. The molecule has 5 nitrogen and oxygen atoms in total. The van der Waals surface area contributed by atoms with Crippen molar-refractivity contribution < 1.29 is 14.3 Å². The molecule has 0 aliphatic carbocycles. The summed E-state index contributed by atoms with van der Waals surface area (Å²) in [7, 11) is 3.88. The zero-order chi connectivity index (χ0) is 17.9. The lowest BCUT2D eigenvalue weighted by molar-refractivity contribution is -0.146. The van der Waals surface area contributed by atoms with Crippen LogP contribution in [0.1, 0.15) is 50.4 Å². The molecule has 1 aromatic carbocycles. The molecular weight excluding hydrogens is 304 g/mol. The Morgan fingerprint density at radius 3 is 2.17 bits per heavy atom. The van der Waals surface area contributed by atoms with E-state index in [4.69, 9.17) is 4.74 Å². The highest BCUT2D eigenvalue weighted by atomic mass is 16.5. The molecule has 0 bridgehead atoms. The van der Waals surface area contributed by atoms with Crippen molar-refractivity contribution in [2.75, 3.05) is 19.0 Å². The van der Waals surface area contributed by atoms with Crippen LogP contribution < -0.4 is 4.90 Å². The Bertz CT molecular complexity index is 573. The first-order chi connectivity index (χ1) is 11.3. The van der Waals surface area contributed by atoms with Crippen LogP contribution in [0.3, 0.4) is 0 Å². The zero-order valence-electron chi connectivity index (χ0n) is 15.3. The molecule has 0 aromatic heterocycles. The molecule has 5 heteroatoms. The lowest BCUT2D eigenvalue weighted by Gasteiger charge is -2.40. The third-order valence-electron chi connectivity index (χ3n) is 4.70. The molecular formula is C19H28N2O3. The molecule has 3 atom stereocenters. The highest BCUT2D eigenvalue weighted by molar-refractivity contribution is 5.92. The first-order valence-electron chi connectivity index (χ1n) is 8.61. The topological polar surface area (TPSA) is 49.9 Å². The minimum Gasteiger partial charge on any atom is -0.449 e. The van der Waals surface area contributed by atoms with Gasteiger partial charge in [-0.2, -0.15) is 0 Å². The summed E-state index contributed by atoms with van der Waals surface area (Å²) in [5.41, 5.74) is 1.46. The van der Waals surface area contributed by atoms with Crippen molar-refractivity contribution in [3.8, 4) is 0 Å². The predicted octanol–water partition coefficient (Wildman–Crippen LogP) is 3.09. The van der Waals surface area contributed by atoms with Crippen molar-refractivity contribution in [1.29, 1.82) is 0 Å². The summed E-state index contributed by atoms with van der Waals surface area (Å²) in [6.45, 7) is 5.77. The number of nitrogens with zero attached hydrogens (tertiary/aromatic N) is 2. The van der Waals surface area contributed by atoms with Crippen LogP contribution in [0.25, 0.3) is 0 Å². The summed E-state index contributed by atoms with van der Waals surface area (Å²) in [5.74, 6) is -0.563. The van der Waals surface area contributed by atoms with Crippen LogP contribution in [0.2, 0.25) is 0 Å². The predicted molar refractivity (Wildman–Crippen MR) is 95.3 cm³/mol. The molecule has 1 fully saturated rings. The highest BCUT2D eigenvalue weighted by Gasteiger charge is 2.33. The van der Waals surface area contributed by atoms with E-state index in [-0.39, 0.29) is 18.0 Å². The van der Waals surface area contributed by atoms with Gasteiger partial charge in [0, 0.05) is 31.9 Å². The number of amides is 1. The monoisotopic (exact) mass is 332 g/mol. The molecule has 24 heavy (non-hydrogen) atoms. The number of piperidine rings is 1. The number of anilines is 1. The number of esters is 1. The average Bonchev–Trinajstić information content (AvgIpc) is 2.54. The Kier molecular flexibility index (Phi) is 5.86. The fourth-order valence-corrected chi connectivity index (χ4v) is 3.24. The number of ether oxygens (including phenoxy) is 1. The van der Waals surface area contributed by atoms with E-state index in [0.29, 0.717) is 5.56 Å². The van der Waals surface area contributed by atoms with E-state index in [9.17, 15) is 9.59 Å². The second-order valence-electron chi connectivity index (χ2n) is 6.86. The van der Waals surface area contributed by atoms with Gasteiger partial charge < -0.3 is 14.5 Å². The number of carbonyl (C=O) groups excluding carboxylic acids is 2. The van der Waals surface area contributed by atoms with Crippen LogP contribution in [0, 0.1) is 0 Å². The van der Waals surface area contributed by atoms with Crippen molar-refractivity contribution in [3.05, 3.63) is 29.8 Å². The van der Waals surface area contributed by atoms with Crippen molar-refractivity contribution >= 4 is 17.6 Å². The molecule has 1 amide bonds. The van der Waals surface area contributed by atoms with Crippen molar-refractivity contribution in [2.45, 2.75) is 58.2 Å². The van der Waals surface area contributed by atoms with Gasteiger partial charge in [-0.15, -0.1) is 0 Å². The van der Waals surface area contributed by atoms with E-state index in [1.54, 1.807) is 19.1 Å². The normalized spacial score (nSPS) is 22.0. The number of rotatable bonds is 4. The number of hydrogen-bond donors (Lipinski definition) is 0. The van der Waals surface area contributed by atoms with E-state index in [1.165, 1.54) is 0 Å². The van der Waals surface area contributed by atoms with Crippen LogP contribution in [0.5, 0.6) is 0 Å². The van der Waals surface area contributed by atoms with Gasteiger partial charge in [0.1, 0.15) is 0 Å². The van der Waals surface area contributed by atoms with Crippen LogP contribution in [-0.2, 0) is 9.53 Å². The molecule has 1 saturated heterocycles. The summed E-state index contributed by atoms with van der Waals surface area (Å²) in [4.78, 5) is 28.8. The Balaban J connectivity index is 2.01. The maximum atomic E-state index is 12.7. The second kappa shape index (κ2) is 7.69. The molecule has 1 aliphatic rings. The largest absolute Gasteiger partial charge is 0.449 e. The molecule has 0 saturated carbocycles.